The molecule has 2 rings (SSSR count). The summed E-state index contributed by atoms with van der Waals surface area (Å²) in [5.74, 6) is 7.44. The van der Waals surface area contributed by atoms with E-state index < -0.39 is 0 Å². The van der Waals surface area contributed by atoms with Crippen LogP contribution in [0.15, 0.2) is 36.7 Å². The Kier molecular flexibility index (Phi) is 4.88. The lowest BCUT2D eigenvalue weighted by atomic mass is 10.2. The lowest BCUT2D eigenvalue weighted by molar-refractivity contribution is 0.306. The van der Waals surface area contributed by atoms with E-state index in [4.69, 9.17) is 16.3 Å². The van der Waals surface area contributed by atoms with Crippen LogP contribution in [0.2, 0.25) is 0 Å². The highest BCUT2D eigenvalue weighted by Gasteiger charge is 1.98. The number of aromatic nitrogens is 2. The lowest BCUT2D eigenvalue weighted by Crippen LogP contribution is -1.94. The van der Waals surface area contributed by atoms with Crippen LogP contribution in [0.25, 0.3) is 0 Å². The summed E-state index contributed by atoms with van der Waals surface area (Å²) in [7, 11) is 1.89. The Morgan fingerprint density at radius 2 is 2.11 bits per heavy atom. The van der Waals surface area contributed by atoms with Crippen LogP contribution in [0.3, 0.4) is 0 Å². The van der Waals surface area contributed by atoms with Crippen LogP contribution in [-0.4, -0.2) is 15.7 Å². The monoisotopic (exact) mass is 274 g/mol. The molecule has 1 aromatic carbocycles. The van der Waals surface area contributed by atoms with Gasteiger partial charge in [0, 0.05) is 36.7 Å². The van der Waals surface area contributed by atoms with Crippen molar-refractivity contribution in [1.82, 2.24) is 9.78 Å². The fourth-order valence-corrected chi connectivity index (χ4v) is 1.65. The van der Waals surface area contributed by atoms with E-state index in [9.17, 15) is 0 Å². The van der Waals surface area contributed by atoms with Crippen molar-refractivity contribution >= 4 is 11.6 Å². The molecule has 1 aromatic heterocycles. The number of nitrogens with zero attached hydrogens (tertiary/aromatic N) is 2. The molecule has 0 fully saturated rings. The standard InChI is InChI=1S/C15H15ClN2O/c1-18-11-14(10-17-18)12-19-15-7-5-13(6-8-15)4-2-3-9-16/h5-8,10-11H,3,9,12H2,1H3. The summed E-state index contributed by atoms with van der Waals surface area (Å²) in [6.45, 7) is 0.519. The van der Waals surface area contributed by atoms with Gasteiger partial charge in [0.25, 0.3) is 0 Å². The van der Waals surface area contributed by atoms with Crippen molar-refractivity contribution in [2.75, 3.05) is 5.88 Å². The SMILES string of the molecule is Cn1cc(COc2ccc(C#CCCCl)cc2)cn1. The molecule has 0 radical (unpaired) electrons. The maximum atomic E-state index is 5.66. The smallest absolute Gasteiger partial charge is 0.119 e. The van der Waals surface area contributed by atoms with E-state index in [0.717, 1.165) is 16.9 Å². The molecule has 0 N–H and O–H groups in total. The van der Waals surface area contributed by atoms with Gasteiger partial charge < -0.3 is 4.74 Å². The maximum absolute atomic E-state index is 5.66. The molecule has 1 heterocycles. The van der Waals surface area contributed by atoms with Crippen LogP contribution in [0.5, 0.6) is 5.75 Å². The highest BCUT2D eigenvalue weighted by Crippen LogP contribution is 2.13. The zero-order chi connectivity index (χ0) is 13.5. The molecule has 2 aromatic rings. The molecule has 0 unspecified atom stereocenters. The summed E-state index contributed by atoms with van der Waals surface area (Å²) >= 11 is 5.56. The third kappa shape index (κ3) is 4.35. The summed E-state index contributed by atoms with van der Waals surface area (Å²) in [6.07, 6.45) is 4.44. The molecule has 0 aliphatic carbocycles. The fraction of sp³-hybridized carbons (Fsp3) is 0.267. The molecule has 19 heavy (non-hydrogen) atoms. The number of rotatable bonds is 4. The van der Waals surface area contributed by atoms with Crippen LogP contribution >= 0.6 is 11.6 Å². The van der Waals surface area contributed by atoms with Crippen molar-refractivity contribution in [3.8, 4) is 17.6 Å². The van der Waals surface area contributed by atoms with Crippen molar-refractivity contribution < 1.29 is 4.74 Å². The Morgan fingerprint density at radius 3 is 2.74 bits per heavy atom. The molecule has 98 valence electrons. The Balaban J connectivity index is 1.90. The van der Waals surface area contributed by atoms with E-state index in [1.807, 2.05) is 37.5 Å². The van der Waals surface area contributed by atoms with E-state index in [-0.39, 0.29) is 0 Å². The minimum atomic E-state index is 0.519. The number of hydrogen-bond donors (Lipinski definition) is 0. The van der Waals surface area contributed by atoms with Gasteiger partial charge in [-0.25, -0.2) is 0 Å². The second-order valence-electron chi connectivity index (χ2n) is 4.08. The lowest BCUT2D eigenvalue weighted by Gasteiger charge is -2.04. The van der Waals surface area contributed by atoms with Crippen molar-refractivity contribution in [3.63, 3.8) is 0 Å². The second-order valence-corrected chi connectivity index (χ2v) is 4.45. The molecule has 0 saturated carbocycles. The van der Waals surface area contributed by atoms with E-state index >= 15 is 0 Å². The quantitative estimate of drug-likeness (QED) is 0.633. The highest BCUT2D eigenvalue weighted by atomic mass is 35.5. The Hall–Kier alpha value is -1.92. The number of halogens is 1. The minimum absolute atomic E-state index is 0.519. The van der Waals surface area contributed by atoms with E-state index in [0.29, 0.717) is 18.9 Å². The predicted molar refractivity (Wildman–Crippen MR) is 76.2 cm³/mol. The first-order chi connectivity index (χ1) is 9.28. The van der Waals surface area contributed by atoms with Gasteiger partial charge in [0.2, 0.25) is 0 Å². The third-order valence-corrected chi connectivity index (χ3v) is 2.66. The molecular weight excluding hydrogens is 260 g/mol. The van der Waals surface area contributed by atoms with Gasteiger partial charge in [-0.3, -0.25) is 4.68 Å². The Labute approximate surface area is 118 Å². The molecule has 0 aliphatic rings. The van der Waals surface area contributed by atoms with Gasteiger partial charge in [0.1, 0.15) is 12.4 Å². The molecule has 3 nitrogen and oxygen atoms in total. The topological polar surface area (TPSA) is 27.1 Å². The summed E-state index contributed by atoms with van der Waals surface area (Å²) < 4.78 is 7.42. The van der Waals surface area contributed by atoms with Crippen LogP contribution in [0, 0.1) is 11.8 Å². The summed E-state index contributed by atoms with van der Waals surface area (Å²) in [4.78, 5) is 0. The first kappa shape index (κ1) is 13.5. The van der Waals surface area contributed by atoms with Crippen molar-refractivity contribution in [2.45, 2.75) is 13.0 Å². The predicted octanol–water partition coefficient (Wildman–Crippen LogP) is 2.98. The minimum Gasteiger partial charge on any atom is -0.489 e. The molecule has 4 heteroatoms. The Bertz CT molecular complexity index is 578. The van der Waals surface area contributed by atoms with Gasteiger partial charge in [-0.15, -0.1) is 11.6 Å². The second kappa shape index (κ2) is 6.86. The van der Waals surface area contributed by atoms with Crippen molar-refractivity contribution in [3.05, 3.63) is 47.8 Å². The number of alkyl halides is 1. The number of hydrogen-bond acceptors (Lipinski definition) is 2. The van der Waals surface area contributed by atoms with Crippen molar-refractivity contribution in [1.29, 1.82) is 0 Å². The zero-order valence-corrected chi connectivity index (χ0v) is 11.5. The molecule has 0 bridgehead atoms. The average molecular weight is 275 g/mol. The fourth-order valence-electron chi connectivity index (χ4n) is 1.56. The number of ether oxygens (including phenoxy) is 1. The molecule has 0 aliphatic heterocycles. The van der Waals surface area contributed by atoms with Gasteiger partial charge in [-0.2, -0.15) is 5.10 Å². The normalized spacial score (nSPS) is 9.79. The molecular formula is C15H15ClN2O. The van der Waals surface area contributed by atoms with Crippen LogP contribution in [0.4, 0.5) is 0 Å². The first-order valence-electron chi connectivity index (χ1n) is 6.03. The average Bonchev–Trinajstić information content (AvgIpc) is 2.84. The largest absolute Gasteiger partial charge is 0.489 e. The van der Waals surface area contributed by atoms with E-state index in [1.54, 1.807) is 10.9 Å². The number of aryl methyl sites for hydroxylation is 1. The highest BCUT2D eigenvalue weighted by molar-refractivity contribution is 6.18. The third-order valence-electron chi connectivity index (χ3n) is 2.47. The van der Waals surface area contributed by atoms with Crippen LogP contribution in [0.1, 0.15) is 17.5 Å². The van der Waals surface area contributed by atoms with E-state index in [1.165, 1.54) is 0 Å². The molecule has 0 saturated heterocycles. The Morgan fingerprint density at radius 1 is 1.32 bits per heavy atom. The van der Waals surface area contributed by atoms with Crippen LogP contribution in [-0.2, 0) is 13.7 Å². The van der Waals surface area contributed by atoms with Gasteiger partial charge in [0.15, 0.2) is 0 Å². The maximum Gasteiger partial charge on any atom is 0.119 e. The number of benzene rings is 1. The van der Waals surface area contributed by atoms with E-state index in [2.05, 4.69) is 16.9 Å². The summed E-state index contributed by atoms with van der Waals surface area (Å²) in [6, 6.07) is 7.72. The first-order valence-corrected chi connectivity index (χ1v) is 6.56. The summed E-state index contributed by atoms with van der Waals surface area (Å²) in [5, 5.41) is 4.09. The summed E-state index contributed by atoms with van der Waals surface area (Å²) in [5.41, 5.74) is 2.02. The molecule has 0 atom stereocenters. The van der Waals surface area contributed by atoms with Crippen molar-refractivity contribution in [2.24, 2.45) is 7.05 Å². The van der Waals surface area contributed by atoms with Gasteiger partial charge in [0.05, 0.1) is 6.20 Å². The van der Waals surface area contributed by atoms with Crippen LogP contribution < -0.4 is 4.74 Å². The molecule has 0 spiro atoms. The van der Waals surface area contributed by atoms with Gasteiger partial charge >= 0.3 is 0 Å². The van der Waals surface area contributed by atoms with Gasteiger partial charge in [-0.1, -0.05) is 11.8 Å². The zero-order valence-electron chi connectivity index (χ0n) is 10.8. The molecule has 0 amide bonds. The van der Waals surface area contributed by atoms with Gasteiger partial charge in [-0.05, 0) is 24.3 Å².